The topological polar surface area (TPSA) is 98.2 Å². The predicted molar refractivity (Wildman–Crippen MR) is 81.7 cm³/mol. The Bertz CT molecular complexity index is 850. The van der Waals surface area contributed by atoms with Crippen LogP contribution in [0.1, 0.15) is 18.7 Å². The molecule has 0 saturated heterocycles. The molecule has 21 heavy (non-hydrogen) atoms. The molecule has 0 fully saturated rings. The summed E-state index contributed by atoms with van der Waals surface area (Å²) in [6, 6.07) is 9.52. The Morgan fingerprint density at radius 1 is 1.38 bits per heavy atom. The van der Waals surface area contributed by atoms with Gasteiger partial charge in [-0.1, -0.05) is 29.5 Å². The molecule has 0 bridgehead atoms. The summed E-state index contributed by atoms with van der Waals surface area (Å²) < 4.78 is 28.2. The van der Waals surface area contributed by atoms with Crippen LogP contribution in [0.5, 0.6) is 0 Å². The van der Waals surface area contributed by atoms with E-state index in [-0.39, 0.29) is 10.3 Å². The van der Waals surface area contributed by atoms with Crippen LogP contribution in [0, 0.1) is 0 Å². The number of fused-ring (bicyclic) bond motifs is 1. The van der Waals surface area contributed by atoms with E-state index in [1.807, 2.05) is 37.3 Å². The number of nitrogens with two attached hydrogens (primary N) is 1. The average Bonchev–Trinajstić information content (AvgIpc) is 3.03. The average molecular weight is 323 g/mol. The lowest BCUT2D eigenvalue weighted by Crippen LogP contribution is -2.10. The van der Waals surface area contributed by atoms with E-state index >= 15 is 0 Å². The van der Waals surface area contributed by atoms with E-state index in [1.165, 1.54) is 6.20 Å². The summed E-state index contributed by atoms with van der Waals surface area (Å²) >= 11 is 0.993. The SMILES string of the molecule is C[C@H](Nc1ncc(S(N)(=O)=O)s1)c1cc2ccccc2o1. The van der Waals surface area contributed by atoms with Crippen molar-refractivity contribution in [2.45, 2.75) is 17.2 Å². The Morgan fingerprint density at radius 2 is 2.14 bits per heavy atom. The highest BCUT2D eigenvalue weighted by Crippen LogP contribution is 2.28. The van der Waals surface area contributed by atoms with Gasteiger partial charge < -0.3 is 9.73 Å². The summed E-state index contributed by atoms with van der Waals surface area (Å²) in [5.41, 5.74) is 0.811. The van der Waals surface area contributed by atoms with Crippen LogP contribution in [0.15, 0.2) is 45.2 Å². The smallest absolute Gasteiger partial charge is 0.249 e. The van der Waals surface area contributed by atoms with E-state index in [1.54, 1.807) is 0 Å². The number of benzene rings is 1. The van der Waals surface area contributed by atoms with E-state index in [0.717, 1.165) is 28.1 Å². The third-order valence-electron chi connectivity index (χ3n) is 2.98. The lowest BCUT2D eigenvalue weighted by molar-refractivity contribution is 0.526. The molecule has 2 heterocycles. The molecule has 3 aromatic rings. The van der Waals surface area contributed by atoms with Crippen molar-refractivity contribution < 1.29 is 12.8 Å². The highest BCUT2D eigenvalue weighted by Gasteiger charge is 2.16. The van der Waals surface area contributed by atoms with Crippen molar-refractivity contribution in [1.29, 1.82) is 0 Å². The van der Waals surface area contributed by atoms with Crippen LogP contribution in [0.2, 0.25) is 0 Å². The fourth-order valence-electron chi connectivity index (χ4n) is 1.93. The van der Waals surface area contributed by atoms with E-state index in [2.05, 4.69) is 10.3 Å². The van der Waals surface area contributed by atoms with Crippen LogP contribution in [0.25, 0.3) is 11.0 Å². The molecule has 6 nitrogen and oxygen atoms in total. The number of thiazole rings is 1. The molecule has 2 aromatic heterocycles. The minimum atomic E-state index is -3.71. The van der Waals surface area contributed by atoms with Gasteiger partial charge in [0.25, 0.3) is 0 Å². The van der Waals surface area contributed by atoms with Crippen molar-refractivity contribution in [3.63, 3.8) is 0 Å². The third kappa shape index (κ3) is 2.92. The minimum absolute atomic E-state index is 0.0295. The number of rotatable bonds is 4. The van der Waals surface area contributed by atoms with Gasteiger partial charge in [0.2, 0.25) is 10.0 Å². The molecular formula is C13H13N3O3S2. The molecule has 1 atom stereocenters. The molecule has 0 aliphatic rings. The maximum Gasteiger partial charge on any atom is 0.249 e. The molecule has 0 amide bonds. The summed E-state index contributed by atoms with van der Waals surface area (Å²) in [7, 11) is -3.71. The Balaban J connectivity index is 1.82. The Kier molecular flexibility index (Phi) is 3.44. The maximum atomic E-state index is 11.2. The van der Waals surface area contributed by atoms with Gasteiger partial charge in [-0.05, 0) is 19.1 Å². The first kappa shape index (κ1) is 14.1. The van der Waals surface area contributed by atoms with Gasteiger partial charge in [0, 0.05) is 5.39 Å². The van der Waals surface area contributed by atoms with E-state index < -0.39 is 10.0 Å². The summed E-state index contributed by atoms with van der Waals surface area (Å²) in [5.74, 6) is 0.753. The number of para-hydroxylation sites is 1. The number of nitrogens with zero attached hydrogens (tertiary/aromatic N) is 1. The summed E-state index contributed by atoms with van der Waals surface area (Å²) in [6.07, 6.45) is 1.24. The standard InChI is InChI=1S/C13H13N3O3S2/c1-8(11-6-9-4-2-3-5-10(9)19-11)16-13-15-7-12(20-13)21(14,17)18/h2-8H,1H3,(H,15,16)(H2,14,17,18)/t8-/m0/s1. The highest BCUT2D eigenvalue weighted by molar-refractivity contribution is 7.91. The largest absolute Gasteiger partial charge is 0.459 e. The van der Waals surface area contributed by atoms with Gasteiger partial charge in [-0.25, -0.2) is 18.5 Å². The summed E-state index contributed by atoms with van der Waals surface area (Å²) in [4.78, 5) is 4.01. The first-order valence-corrected chi connectivity index (χ1v) is 8.53. The first-order chi connectivity index (χ1) is 9.93. The lowest BCUT2D eigenvalue weighted by Gasteiger charge is -2.09. The first-order valence-electron chi connectivity index (χ1n) is 6.17. The second-order valence-electron chi connectivity index (χ2n) is 4.58. The maximum absolute atomic E-state index is 11.2. The summed E-state index contributed by atoms with van der Waals surface area (Å²) in [5, 5.41) is 9.66. The number of hydrogen-bond donors (Lipinski definition) is 2. The van der Waals surface area contributed by atoms with Gasteiger partial charge in [-0.15, -0.1) is 0 Å². The van der Waals surface area contributed by atoms with Crippen LogP contribution in [0.3, 0.4) is 0 Å². The van der Waals surface area contributed by atoms with E-state index in [0.29, 0.717) is 5.13 Å². The van der Waals surface area contributed by atoms with Crippen LogP contribution in [-0.2, 0) is 10.0 Å². The molecule has 3 rings (SSSR count). The van der Waals surface area contributed by atoms with E-state index in [9.17, 15) is 8.42 Å². The molecule has 0 saturated carbocycles. The molecule has 0 aliphatic heterocycles. The van der Waals surface area contributed by atoms with Crippen LogP contribution >= 0.6 is 11.3 Å². The number of primary sulfonamides is 1. The van der Waals surface area contributed by atoms with Gasteiger partial charge >= 0.3 is 0 Å². The number of hydrogen-bond acceptors (Lipinski definition) is 6. The van der Waals surface area contributed by atoms with Gasteiger partial charge in [0.1, 0.15) is 11.3 Å². The van der Waals surface area contributed by atoms with Crippen molar-refractivity contribution in [2.24, 2.45) is 5.14 Å². The van der Waals surface area contributed by atoms with Crippen molar-refractivity contribution in [3.05, 3.63) is 42.3 Å². The number of aromatic nitrogens is 1. The van der Waals surface area contributed by atoms with Gasteiger partial charge in [0.15, 0.2) is 9.34 Å². The molecule has 110 valence electrons. The second-order valence-corrected chi connectivity index (χ2v) is 7.40. The van der Waals surface area contributed by atoms with Crippen molar-refractivity contribution in [2.75, 3.05) is 5.32 Å². The second kappa shape index (κ2) is 5.14. The van der Waals surface area contributed by atoms with Gasteiger partial charge in [-0.3, -0.25) is 0 Å². The zero-order valence-corrected chi connectivity index (χ0v) is 12.7. The molecule has 0 aliphatic carbocycles. The van der Waals surface area contributed by atoms with Gasteiger partial charge in [0.05, 0.1) is 12.2 Å². The van der Waals surface area contributed by atoms with Crippen molar-refractivity contribution >= 4 is 37.5 Å². The Morgan fingerprint density at radius 3 is 2.81 bits per heavy atom. The van der Waals surface area contributed by atoms with Crippen LogP contribution in [-0.4, -0.2) is 13.4 Å². The molecule has 0 spiro atoms. The summed E-state index contributed by atoms with van der Waals surface area (Å²) in [6.45, 7) is 1.91. The fraction of sp³-hybridized carbons (Fsp3) is 0.154. The molecule has 0 radical (unpaired) electrons. The predicted octanol–water partition coefficient (Wildman–Crippen LogP) is 2.71. The van der Waals surface area contributed by atoms with Gasteiger partial charge in [-0.2, -0.15) is 0 Å². The zero-order chi connectivity index (χ0) is 15.0. The van der Waals surface area contributed by atoms with Crippen LogP contribution in [0.4, 0.5) is 5.13 Å². The van der Waals surface area contributed by atoms with Crippen LogP contribution < -0.4 is 10.5 Å². The van der Waals surface area contributed by atoms with E-state index in [4.69, 9.17) is 9.56 Å². The Hall–Kier alpha value is -1.90. The Labute approximate surface area is 125 Å². The molecule has 8 heteroatoms. The normalized spacial score (nSPS) is 13.4. The molecule has 0 unspecified atom stereocenters. The van der Waals surface area contributed by atoms with Crippen molar-refractivity contribution in [3.8, 4) is 0 Å². The molecule has 3 N–H and O–H groups in total. The molecular weight excluding hydrogens is 310 g/mol. The molecule has 1 aromatic carbocycles. The zero-order valence-electron chi connectivity index (χ0n) is 11.1. The minimum Gasteiger partial charge on any atom is -0.459 e. The number of furan rings is 1. The quantitative estimate of drug-likeness (QED) is 0.769. The lowest BCUT2D eigenvalue weighted by atomic mass is 10.2. The number of nitrogens with one attached hydrogen (secondary N) is 1. The van der Waals surface area contributed by atoms with Crippen molar-refractivity contribution in [1.82, 2.24) is 4.98 Å². The monoisotopic (exact) mass is 323 g/mol. The third-order valence-corrected chi connectivity index (χ3v) is 5.31. The highest BCUT2D eigenvalue weighted by atomic mass is 32.2. The fourth-order valence-corrected chi connectivity index (χ4v) is 3.47. The number of anilines is 1. The number of sulfonamides is 1.